The van der Waals surface area contributed by atoms with Gasteiger partial charge < -0.3 is 15.1 Å². The number of aryl methyl sites for hydroxylation is 1. The van der Waals surface area contributed by atoms with Gasteiger partial charge in [0.15, 0.2) is 0 Å². The van der Waals surface area contributed by atoms with Gasteiger partial charge in [-0.3, -0.25) is 0 Å². The van der Waals surface area contributed by atoms with Crippen LogP contribution in [-0.2, 0) is 16.3 Å². The molecule has 0 atom stereocenters. The molecule has 1 N–H and O–H groups in total. The summed E-state index contributed by atoms with van der Waals surface area (Å²) < 4.78 is 0. The Balaban J connectivity index is 2.18. The van der Waals surface area contributed by atoms with Crippen LogP contribution in [0.4, 0.5) is 0 Å². The Labute approximate surface area is 148 Å². The van der Waals surface area contributed by atoms with Crippen molar-refractivity contribution >= 4 is 17.6 Å². The van der Waals surface area contributed by atoms with E-state index in [9.17, 15) is 0 Å². The summed E-state index contributed by atoms with van der Waals surface area (Å²) in [7, 11) is 1.53. The molecule has 25 heavy (non-hydrogen) atoms. The van der Waals surface area contributed by atoms with Crippen LogP contribution in [0.2, 0.25) is 0 Å². The van der Waals surface area contributed by atoms with Crippen LogP contribution in [0, 0.1) is 12.3 Å². The van der Waals surface area contributed by atoms with Gasteiger partial charge in [0.2, 0.25) is 0 Å². The van der Waals surface area contributed by atoms with Gasteiger partial charge in [-0.1, -0.05) is 46.7 Å². The van der Waals surface area contributed by atoms with E-state index in [0.717, 1.165) is 39.2 Å². The molecule has 0 amide bonds. The van der Waals surface area contributed by atoms with Crippen LogP contribution in [0.3, 0.4) is 0 Å². The van der Waals surface area contributed by atoms with Crippen molar-refractivity contribution in [3.63, 3.8) is 0 Å². The Bertz CT molecular complexity index is 810. The summed E-state index contributed by atoms with van der Waals surface area (Å²) in [5, 5.41) is 15.6. The van der Waals surface area contributed by atoms with Gasteiger partial charge in [0, 0.05) is 17.3 Å². The lowest BCUT2D eigenvalue weighted by molar-refractivity contribution is 0.130. The second kappa shape index (κ2) is 8.78. The predicted octanol–water partition coefficient (Wildman–Crippen LogP) is 4.30. The van der Waals surface area contributed by atoms with Crippen molar-refractivity contribution < 1.29 is 9.68 Å². The lowest BCUT2D eigenvalue weighted by atomic mass is 10.00. The van der Waals surface area contributed by atoms with Crippen molar-refractivity contribution in [2.75, 3.05) is 7.11 Å². The first-order valence-corrected chi connectivity index (χ1v) is 8.01. The number of benzene rings is 2. The molecular weight excluding hydrogens is 314 g/mol. The Kier molecular flexibility index (Phi) is 6.46. The monoisotopic (exact) mass is 337 g/mol. The van der Waals surface area contributed by atoms with Gasteiger partial charge in [0.25, 0.3) is 0 Å². The molecular formula is C20H23N3O2. The molecule has 0 heterocycles. The highest BCUT2D eigenvalue weighted by molar-refractivity contribution is 6.00. The maximum absolute atomic E-state index is 7.34. The lowest BCUT2D eigenvalue weighted by Crippen LogP contribution is -2.05. The van der Waals surface area contributed by atoms with E-state index in [0.29, 0.717) is 6.61 Å². The second-order valence-electron chi connectivity index (χ2n) is 5.68. The summed E-state index contributed by atoms with van der Waals surface area (Å²) in [4.78, 5) is 10.5. The molecule has 0 spiro atoms. The van der Waals surface area contributed by atoms with Crippen molar-refractivity contribution in [1.82, 2.24) is 0 Å². The van der Waals surface area contributed by atoms with E-state index in [2.05, 4.69) is 10.3 Å². The average molecular weight is 337 g/mol. The molecule has 2 aromatic carbocycles. The van der Waals surface area contributed by atoms with Crippen LogP contribution in [0.1, 0.15) is 41.7 Å². The molecule has 0 bridgehead atoms. The number of oxime groups is 2. The third-order valence-corrected chi connectivity index (χ3v) is 3.91. The topological polar surface area (TPSA) is 67.0 Å². The zero-order valence-electron chi connectivity index (χ0n) is 15.0. The van der Waals surface area contributed by atoms with Gasteiger partial charge in [0.1, 0.15) is 13.7 Å². The van der Waals surface area contributed by atoms with Gasteiger partial charge in [-0.25, -0.2) is 0 Å². The number of hydrogen-bond acceptors (Lipinski definition) is 5. The third-order valence-electron chi connectivity index (χ3n) is 3.91. The van der Waals surface area contributed by atoms with E-state index < -0.39 is 0 Å². The van der Waals surface area contributed by atoms with Crippen LogP contribution in [0.25, 0.3) is 0 Å². The molecule has 5 heteroatoms. The fourth-order valence-electron chi connectivity index (χ4n) is 2.52. The third kappa shape index (κ3) is 4.76. The summed E-state index contributed by atoms with van der Waals surface area (Å²) in [6.45, 7) is 6.17. The summed E-state index contributed by atoms with van der Waals surface area (Å²) in [5.41, 5.74) is 6.46. The maximum Gasteiger partial charge on any atom is 0.143 e. The van der Waals surface area contributed by atoms with Crippen LogP contribution >= 0.6 is 0 Å². The fraction of sp³-hybridized carbons (Fsp3) is 0.250. The molecule has 130 valence electrons. The van der Waals surface area contributed by atoms with Gasteiger partial charge in [-0.15, -0.1) is 0 Å². The molecule has 0 saturated heterocycles. The lowest BCUT2D eigenvalue weighted by Gasteiger charge is -2.11. The number of rotatable bonds is 7. The molecule has 2 rings (SSSR count). The molecule has 5 nitrogen and oxygen atoms in total. The highest BCUT2D eigenvalue weighted by atomic mass is 16.6. The molecule has 0 radical (unpaired) electrons. The maximum atomic E-state index is 7.34. The first-order chi connectivity index (χ1) is 12.1. The molecule has 0 aliphatic rings. The number of hydrogen-bond donors (Lipinski definition) is 1. The quantitative estimate of drug-likeness (QED) is 0.604. The Hall–Kier alpha value is -2.95. The summed E-state index contributed by atoms with van der Waals surface area (Å²) in [5.74, 6) is 0. The van der Waals surface area contributed by atoms with Crippen LogP contribution in [0.5, 0.6) is 0 Å². The molecule has 0 aliphatic heterocycles. The molecule has 0 fully saturated rings. The SMILES string of the molecule is CO/N=C(/C)c1cccc(C)c1CO/N=C(\C)c1cccc(C=N)c1. The summed E-state index contributed by atoms with van der Waals surface area (Å²) in [6.07, 6.45) is 1.31. The van der Waals surface area contributed by atoms with Crippen LogP contribution in [-0.4, -0.2) is 24.7 Å². The van der Waals surface area contributed by atoms with Crippen molar-refractivity contribution in [2.24, 2.45) is 10.3 Å². The Morgan fingerprint density at radius 2 is 1.84 bits per heavy atom. The highest BCUT2D eigenvalue weighted by Crippen LogP contribution is 2.17. The summed E-state index contributed by atoms with van der Waals surface area (Å²) in [6, 6.07) is 13.6. The first kappa shape index (κ1) is 18.4. The standard InChI is InChI=1S/C20H23N3O2/c1-14-7-5-10-19(16(3)22-24-4)20(14)13-25-23-15(2)18-9-6-8-17(11-18)12-21/h5-12,21H,13H2,1-4H3/b21-12?,22-16-,23-15+. The van der Waals surface area contributed by atoms with E-state index in [1.54, 1.807) is 0 Å². The van der Waals surface area contributed by atoms with Gasteiger partial charge in [-0.2, -0.15) is 0 Å². The largest absolute Gasteiger partial charge is 0.399 e. The Morgan fingerprint density at radius 1 is 1.08 bits per heavy atom. The smallest absolute Gasteiger partial charge is 0.143 e. The highest BCUT2D eigenvalue weighted by Gasteiger charge is 2.10. The molecule has 0 saturated carbocycles. The van der Waals surface area contributed by atoms with E-state index in [1.165, 1.54) is 13.3 Å². The minimum atomic E-state index is 0.347. The molecule has 0 aliphatic carbocycles. The first-order valence-electron chi connectivity index (χ1n) is 8.01. The van der Waals surface area contributed by atoms with Crippen molar-refractivity contribution in [3.05, 3.63) is 70.3 Å². The summed E-state index contributed by atoms with van der Waals surface area (Å²) >= 11 is 0. The zero-order chi connectivity index (χ0) is 18.2. The van der Waals surface area contributed by atoms with Gasteiger partial charge >= 0.3 is 0 Å². The zero-order valence-corrected chi connectivity index (χ0v) is 15.0. The normalized spacial score (nSPS) is 12.0. The Morgan fingerprint density at radius 3 is 2.56 bits per heavy atom. The minimum Gasteiger partial charge on any atom is -0.399 e. The molecule has 0 aromatic heterocycles. The van der Waals surface area contributed by atoms with Gasteiger partial charge in [-0.05, 0) is 43.5 Å². The van der Waals surface area contributed by atoms with Crippen molar-refractivity contribution in [1.29, 1.82) is 5.41 Å². The van der Waals surface area contributed by atoms with E-state index in [1.807, 2.05) is 63.2 Å². The fourth-order valence-corrected chi connectivity index (χ4v) is 2.52. The van der Waals surface area contributed by atoms with Crippen LogP contribution in [0.15, 0.2) is 52.8 Å². The molecule has 0 unspecified atom stereocenters. The average Bonchev–Trinajstić information content (AvgIpc) is 2.63. The minimum absolute atomic E-state index is 0.347. The van der Waals surface area contributed by atoms with E-state index in [-0.39, 0.29) is 0 Å². The van der Waals surface area contributed by atoms with Crippen LogP contribution < -0.4 is 0 Å². The van der Waals surface area contributed by atoms with Crippen molar-refractivity contribution in [3.8, 4) is 0 Å². The number of nitrogens with one attached hydrogen (secondary N) is 1. The van der Waals surface area contributed by atoms with Crippen molar-refractivity contribution in [2.45, 2.75) is 27.4 Å². The second-order valence-corrected chi connectivity index (χ2v) is 5.68. The van der Waals surface area contributed by atoms with E-state index in [4.69, 9.17) is 15.1 Å². The number of nitrogens with zero attached hydrogens (tertiary/aromatic N) is 2. The van der Waals surface area contributed by atoms with E-state index >= 15 is 0 Å². The van der Waals surface area contributed by atoms with Gasteiger partial charge in [0.05, 0.1) is 11.4 Å². The molecule has 2 aromatic rings. The predicted molar refractivity (Wildman–Crippen MR) is 102 cm³/mol.